The number of fused-ring (bicyclic) bond motifs is 1. The molecule has 1 aliphatic heterocycles. The molecule has 2 aromatic rings. The third-order valence-corrected chi connectivity index (χ3v) is 4.87. The Hall–Kier alpha value is -1.47. The first kappa shape index (κ1) is 17.4. The summed E-state index contributed by atoms with van der Waals surface area (Å²) in [6.45, 7) is 9.29. The molecular formula is C17H20BF3O3. The molecule has 1 aliphatic rings. The average molecular weight is 340 g/mol. The molecule has 1 fully saturated rings. The van der Waals surface area contributed by atoms with E-state index in [1.54, 1.807) is 12.1 Å². The Kier molecular flexibility index (Phi) is 3.81. The van der Waals surface area contributed by atoms with Gasteiger partial charge in [0.15, 0.2) is 0 Å². The highest BCUT2D eigenvalue weighted by molar-refractivity contribution is 6.62. The lowest BCUT2D eigenvalue weighted by molar-refractivity contribution is -0.136. The van der Waals surface area contributed by atoms with Crippen molar-refractivity contribution in [2.45, 2.75) is 58.4 Å². The van der Waals surface area contributed by atoms with Crippen molar-refractivity contribution in [3.8, 4) is 0 Å². The quantitative estimate of drug-likeness (QED) is 0.764. The maximum absolute atomic E-state index is 13.5. The highest BCUT2D eigenvalue weighted by Gasteiger charge is 2.52. The molecule has 7 heteroatoms. The summed E-state index contributed by atoms with van der Waals surface area (Å²) in [5.74, 6) is 0.515. The summed E-state index contributed by atoms with van der Waals surface area (Å²) in [7, 11) is -0.847. The molecule has 0 saturated carbocycles. The number of hydrogen-bond acceptors (Lipinski definition) is 3. The van der Waals surface area contributed by atoms with E-state index in [1.165, 1.54) is 0 Å². The third-order valence-electron chi connectivity index (χ3n) is 4.87. The highest BCUT2D eigenvalue weighted by atomic mass is 19.4. The van der Waals surface area contributed by atoms with Crippen molar-refractivity contribution < 1.29 is 26.9 Å². The number of furan rings is 1. The van der Waals surface area contributed by atoms with Crippen LogP contribution in [0.2, 0.25) is 0 Å². The summed E-state index contributed by atoms with van der Waals surface area (Å²) in [6, 6.07) is 4.35. The zero-order valence-corrected chi connectivity index (χ0v) is 14.4. The predicted octanol–water partition coefficient (Wildman–Crippen LogP) is 4.31. The first-order valence-electron chi connectivity index (χ1n) is 7.94. The third kappa shape index (κ3) is 2.73. The number of rotatable bonds is 2. The summed E-state index contributed by atoms with van der Waals surface area (Å²) in [4.78, 5) is 0. The van der Waals surface area contributed by atoms with E-state index in [0.29, 0.717) is 23.0 Å². The average Bonchev–Trinajstić information content (AvgIpc) is 2.94. The molecule has 0 N–H and O–H groups in total. The van der Waals surface area contributed by atoms with Crippen molar-refractivity contribution in [3.63, 3.8) is 0 Å². The minimum atomic E-state index is -4.51. The summed E-state index contributed by atoms with van der Waals surface area (Å²) < 4.78 is 57.5. The van der Waals surface area contributed by atoms with Crippen LogP contribution in [0.3, 0.4) is 0 Å². The van der Waals surface area contributed by atoms with Gasteiger partial charge in [-0.2, -0.15) is 13.2 Å². The molecular weight excluding hydrogens is 320 g/mol. The van der Waals surface area contributed by atoms with E-state index in [9.17, 15) is 13.2 Å². The molecule has 0 radical (unpaired) electrons. The Bertz CT molecular complexity index is 761. The molecule has 130 valence electrons. The van der Waals surface area contributed by atoms with Gasteiger partial charge in [-0.15, -0.1) is 0 Å². The topological polar surface area (TPSA) is 31.6 Å². The van der Waals surface area contributed by atoms with E-state index in [2.05, 4.69) is 0 Å². The molecule has 3 rings (SSSR count). The molecule has 0 atom stereocenters. The Labute approximate surface area is 139 Å². The number of hydrogen-bond donors (Lipinski definition) is 0. The second kappa shape index (κ2) is 5.26. The summed E-state index contributed by atoms with van der Waals surface area (Å²) in [6.07, 6.45) is -3.99. The van der Waals surface area contributed by atoms with Gasteiger partial charge in [-0.25, -0.2) is 0 Å². The molecule has 0 aliphatic carbocycles. The van der Waals surface area contributed by atoms with Gasteiger partial charge >= 0.3 is 13.3 Å². The van der Waals surface area contributed by atoms with E-state index in [4.69, 9.17) is 13.7 Å². The van der Waals surface area contributed by atoms with Crippen LogP contribution in [0.1, 0.15) is 45.9 Å². The van der Waals surface area contributed by atoms with Gasteiger partial charge in [-0.05, 0) is 45.3 Å². The fourth-order valence-electron chi connectivity index (χ4n) is 2.73. The minimum Gasteiger partial charge on any atom is -0.460 e. The van der Waals surface area contributed by atoms with Gasteiger partial charge in [0.1, 0.15) is 11.3 Å². The molecule has 2 heterocycles. The van der Waals surface area contributed by atoms with Crippen LogP contribution in [0.15, 0.2) is 22.6 Å². The Morgan fingerprint density at radius 2 is 1.58 bits per heavy atom. The van der Waals surface area contributed by atoms with Crippen molar-refractivity contribution in [2.75, 3.05) is 0 Å². The normalized spacial score (nSPS) is 20.1. The standard InChI is InChI=1S/C17H20BF3O3/c1-6-12-8-10-7-11(9-13(14(10)22-12)17(19,20)21)18-23-15(2,3)16(4,5)24-18/h7-9H,6H2,1-5H3. The van der Waals surface area contributed by atoms with E-state index in [1.807, 2.05) is 34.6 Å². The van der Waals surface area contributed by atoms with Crippen molar-refractivity contribution in [1.82, 2.24) is 0 Å². The highest BCUT2D eigenvalue weighted by Crippen LogP contribution is 2.39. The van der Waals surface area contributed by atoms with E-state index in [-0.39, 0.29) is 5.58 Å². The Balaban J connectivity index is 2.13. The SMILES string of the molecule is CCc1cc2cc(B3OC(C)(C)C(C)(C)O3)cc(C(F)(F)F)c2o1. The molecule has 0 unspecified atom stereocenters. The molecule has 0 spiro atoms. The second-order valence-corrected chi connectivity index (χ2v) is 7.14. The summed E-state index contributed by atoms with van der Waals surface area (Å²) >= 11 is 0. The summed E-state index contributed by atoms with van der Waals surface area (Å²) in [5, 5.41) is 0.409. The lowest BCUT2D eigenvalue weighted by Crippen LogP contribution is -2.41. The molecule has 1 saturated heterocycles. The first-order chi connectivity index (χ1) is 10.9. The van der Waals surface area contributed by atoms with Gasteiger partial charge in [0.25, 0.3) is 0 Å². The zero-order chi connectivity index (χ0) is 17.9. The van der Waals surface area contributed by atoms with Gasteiger partial charge in [0.05, 0.1) is 16.8 Å². The molecule has 1 aromatic heterocycles. The van der Waals surface area contributed by atoms with E-state index in [0.717, 1.165) is 6.07 Å². The molecule has 3 nitrogen and oxygen atoms in total. The molecule has 24 heavy (non-hydrogen) atoms. The van der Waals surface area contributed by atoms with Crippen LogP contribution >= 0.6 is 0 Å². The second-order valence-electron chi connectivity index (χ2n) is 7.14. The number of aryl methyl sites for hydroxylation is 1. The molecule has 0 bridgehead atoms. The van der Waals surface area contributed by atoms with Gasteiger partial charge in [-0.1, -0.05) is 13.0 Å². The van der Waals surface area contributed by atoms with Gasteiger partial charge in [0.2, 0.25) is 0 Å². The maximum atomic E-state index is 13.5. The largest absolute Gasteiger partial charge is 0.494 e. The number of halogens is 3. The monoisotopic (exact) mass is 340 g/mol. The van der Waals surface area contributed by atoms with E-state index < -0.39 is 30.1 Å². The van der Waals surface area contributed by atoms with Crippen LogP contribution < -0.4 is 5.46 Å². The minimum absolute atomic E-state index is 0.139. The van der Waals surface area contributed by atoms with Crippen LogP contribution in [0.25, 0.3) is 11.0 Å². The lowest BCUT2D eigenvalue weighted by Gasteiger charge is -2.32. The van der Waals surface area contributed by atoms with Crippen LogP contribution in [0.4, 0.5) is 13.2 Å². The zero-order valence-electron chi connectivity index (χ0n) is 14.4. The fourth-order valence-corrected chi connectivity index (χ4v) is 2.73. The van der Waals surface area contributed by atoms with E-state index >= 15 is 0 Å². The first-order valence-corrected chi connectivity index (χ1v) is 7.94. The van der Waals surface area contributed by atoms with Crippen molar-refractivity contribution in [3.05, 3.63) is 29.5 Å². The molecule has 0 amide bonds. The van der Waals surface area contributed by atoms with Gasteiger partial charge in [-0.3, -0.25) is 0 Å². The predicted molar refractivity (Wildman–Crippen MR) is 86.3 cm³/mol. The van der Waals surface area contributed by atoms with Gasteiger partial charge in [0, 0.05) is 11.8 Å². The molecule has 1 aromatic carbocycles. The maximum Gasteiger partial charge on any atom is 0.494 e. The number of benzene rings is 1. The van der Waals surface area contributed by atoms with Gasteiger partial charge < -0.3 is 13.7 Å². The summed E-state index contributed by atoms with van der Waals surface area (Å²) in [5.41, 5.74) is -1.83. The van der Waals surface area contributed by atoms with Crippen LogP contribution in [0, 0.1) is 0 Å². The smallest absolute Gasteiger partial charge is 0.460 e. The Morgan fingerprint density at radius 1 is 1.00 bits per heavy atom. The van der Waals surface area contributed by atoms with Crippen LogP contribution in [-0.4, -0.2) is 18.3 Å². The number of alkyl halides is 3. The van der Waals surface area contributed by atoms with Crippen LogP contribution in [0.5, 0.6) is 0 Å². The van der Waals surface area contributed by atoms with Crippen molar-refractivity contribution in [1.29, 1.82) is 0 Å². The van der Waals surface area contributed by atoms with Crippen molar-refractivity contribution >= 4 is 23.6 Å². The lowest BCUT2D eigenvalue weighted by atomic mass is 9.77. The van der Waals surface area contributed by atoms with Crippen molar-refractivity contribution in [2.24, 2.45) is 0 Å². The fraction of sp³-hybridized carbons (Fsp3) is 0.529. The van der Waals surface area contributed by atoms with Crippen LogP contribution in [-0.2, 0) is 21.9 Å². The Morgan fingerprint density at radius 3 is 2.08 bits per heavy atom.